The Morgan fingerprint density at radius 3 is 2.35 bits per heavy atom. The van der Waals surface area contributed by atoms with E-state index in [1.54, 1.807) is 0 Å². The van der Waals surface area contributed by atoms with Crippen LogP contribution in [0.4, 0.5) is 27.9 Å². The molecule has 0 aliphatic rings. The number of aromatic nitrogens is 3. The van der Waals surface area contributed by atoms with E-state index in [1.807, 2.05) is 5.10 Å². The summed E-state index contributed by atoms with van der Waals surface area (Å²) in [7, 11) is 1.14. The maximum atomic E-state index is 12.5. The molecule has 1 aromatic rings. The van der Waals surface area contributed by atoms with Crippen LogP contribution < -0.4 is 10.1 Å². The van der Waals surface area contributed by atoms with E-state index in [9.17, 15) is 26.7 Å². The number of alkyl halides is 5. The number of aromatic amines is 1. The van der Waals surface area contributed by atoms with Crippen LogP contribution in [0.3, 0.4) is 0 Å². The first-order valence-electron chi connectivity index (χ1n) is 3.91. The fraction of sp³-hybridized carbons (Fsp3) is 0.500. The number of carbonyl (C=O) groups excluding carboxylic acids is 1. The lowest BCUT2D eigenvalue weighted by molar-refractivity contribution is -0.267. The molecule has 0 saturated heterocycles. The van der Waals surface area contributed by atoms with Crippen LogP contribution in [-0.4, -0.2) is 40.3 Å². The summed E-state index contributed by atoms with van der Waals surface area (Å²) in [5.41, 5.74) is 0. The lowest BCUT2D eigenvalue weighted by atomic mass is 10.3. The number of methoxy groups -OCH3 is 1. The van der Waals surface area contributed by atoms with Gasteiger partial charge in [0.15, 0.2) is 0 Å². The Morgan fingerprint density at radius 1 is 1.35 bits per heavy atom. The molecule has 17 heavy (non-hydrogen) atoms. The number of hydrogen-bond acceptors (Lipinski definition) is 4. The van der Waals surface area contributed by atoms with Gasteiger partial charge in [-0.2, -0.15) is 26.9 Å². The van der Waals surface area contributed by atoms with Crippen molar-refractivity contribution in [3.05, 3.63) is 0 Å². The zero-order valence-corrected chi connectivity index (χ0v) is 8.10. The maximum Gasteiger partial charge on any atom is 0.463 e. The van der Waals surface area contributed by atoms with E-state index in [0.717, 1.165) is 7.11 Å². The Morgan fingerprint density at radius 2 is 1.94 bits per heavy atom. The van der Waals surface area contributed by atoms with Crippen molar-refractivity contribution in [1.29, 1.82) is 0 Å². The summed E-state index contributed by atoms with van der Waals surface area (Å²) in [6, 6.07) is -0.323. The minimum absolute atomic E-state index is 0.323. The van der Waals surface area contributed by atoms with E-state index in [4.69, 9.17) is 0 Å². The molecule has 1 rings (SSSR count). The van der Waals surface area contributed by atoms with Crippen LogP contribution in [0.2, 0.25) is 0 Å². The average molecular weight is 260 g/mol. The van der Waals surface area contributed by atoms with Crippen molar-refractivity contribution in [3.63, 3.8) is 0 Å². The van der Waals surface area contributed by atoms with Crippen molar-refractivity contribution in [2.45, 2.75) is 12.1 Å². The van der Waals surface area contributed by atoms with Gasteiger partial charge < -0.3 is 4.74 Å². The van der Waals surface area contributed by atoms with E-state index >= 15 is 0 Å². The van der Waals surface area contributed by atoms with Gasteiger partial charge in [0.2, 0.25) is 5.95 Å². The molecule has 1 aromatic heterocycles. The number of amides is 1. The normalized spacial score (nSPS) is 12.4. The first-order chi connectivity index (χ1) is 7.68. The lowest BCUT2D eigenvalue weighted by Crippen LogP contribution is -2.47. The third-order valence-electron chi connectivity index (χ3n) is 1.52. The summed E-state index contributed by atoms with van der Waals surface area (Å²) >= 11 is 0. The standard InChI is InChI=1S/C6H5F5N4O2/c1-17-4-13-3(14-15-4)12-2(16)5(7,8)6(9,10)11/h1H3,(H2,12,13,14,15,16). The van der Waals surface area contributed by atoms with Crippen molar-refractivity contribution in [2.24, 2.45) is 0 Å². The zero-order chi connectivity index (χ0) is 13.3. The summed E-state index contributed by atoms with van der Waals surface area (Å²) in [6.07, 6.45) is -5.98. The van der Waals surface area contributed by atoms with Crippen LogP contribution >= 0.6 is 0 Å². The molecule has 1 heterocycles. The molecule has 0 spiro atoms. The van der Waals surface area contributed by atoms with Gasteiger partial charge in [-0.3, -0.25) is 10.1 Å². The molecule has 0 fully saturated rings. The van der Waals surface area contributed by atoms with Gasteiger partial charge in [0, 0.05) is 0 Å². The monoisotopic (exact) mass is 260 g/mol. The van der Waals surface area contributed by atoms with Crippen molar-refractivity contribution >= 4 is 11.9 Å². The molecule has 1 amide bonds. The Labute approximate surface area is 90.2 Å². The van der Waals surface area contributed by atoms with Crippen LogP contribution in [0, 0.1) is 0 Å². The molecule has 0 atom stereocenters. The largest absolute Gasteiger partial charge is 0.466 e. The second-order valence-corrected chi connectivity index (χ2v) is 2.70. The topological polar surface area (TPSA) is 79.9 Å². The van der Waals surface area contributed by atoms with Gasteiger partial charge >= 0.3 is 24.0 Å². The highest BCUT2D eigenvalue weighted by Gasteiger charge is 2.63. The van der Waals surface area contributed by atoms with Crippen LogP contribution in [0.25, 0.3) is 0 Å². The molecule has 0 unspecified atom stereocenters. The highest BCUT2D eigenvalue weighted by atomic mass is 19.4. The quantitative estimate of drug-likeness (QED) is 0.793. The van der Waals surface area contributed by atoms with Crippen LogP contribution in [0.1, 0.15) is 0 Å². The fourth-order valence-electron chi connectivity index (χ4n) is 0.708. The molecule has 0 aliphatic heterocycles. The number of rotatable bonds is 3. The molecule has 0 radical (unpaired) electrons. The van der Waals surface area contributed by atoms with Crippen LogP contribution in [-0.2, 0) is 4.79 Å². The van der Waals surface area contributed by atoms with Gasteiger partial charge in [-0.05, 0) is 0 Å². The van der Waals surface area contributed by atoms with Gasteiger partial charge in [-0.25, -0.2) is 5.10 Å². The Kier molecular flexibility index (Phi) is 3.20. The molecule has 2 N–H and O–H groups in total. The molecular weight excluding hydrogens is 255 g/mol. The van der Waals surface area contributed by atoms with E-state index in [0.29, 0.717) is 0 Å². The van der Waals surface area contributed by atoms with Gasteiger partial charge in [0.05, 0.1) is 7.11 Å². The summed E-state index contributed by atoms with van der Waals surface area (Å²) < 4.78 is 64.7. The molecule has 96 valence electrons. The number of hydrogen-bond donors (Lipinski definition) is 2. The molecule has 0 aliphatic carbocycles. The predicted octanol–water partition coefficient (Wildman–Crippen LogP) is 0.949. The van der Waals surface area contributed by atoms with Gasteiger partial charge in [-0.15, -0.1) is 5.10 Å². The van der Waals surface area contributed by atoms with E-state index in [2.05, 4.69) is 14.8 Å². The zero-order valence-electron chi connectivity index (χ0n) is 8.10. The third-order valence-corrected chi connectivity index (χ3v) is 1.52. The van der Waals surface area contributed by atoms with Crippen molar-refractivity contribution in [2.75, 3.05) is 12.4 Å². The Balaban J connectivity index is 2.79. The van der Waals surface area contributed by atoms with E-state index in [-0.39, 0.29) is 6.01 Å². The number of nitrogens with zero attached hydrogens (tertiary/aromatic N) is 2. The maximum absolute atomic E-state index is 12.5. The van der Waals surface area contributed by atoms with Crippen LogP contribution in [0.5, 0.6) is 6.01 Å². The van der Waals surface area contributed by atoms with E-state index in [1.165, 1.54) is 5.32 Å². The van der Waals surface area contributed by atoms with Crippen molar-refractivity contribution < 1.29 is 31.5 Å². The Bertz CT molecular complexity index is 415. The number of nitrogens with one attached hydrogen (secondary N) is 2. The van der Waals surface area contributed by atoms with Gasteiger partial charge in [0.1, 0.15) is 0 Å². The smallest absolute Gasteiger partial charge is 0.463 e. The second-order valence-electron chi connectivity index (χ2n) is 2.70. The van der Waals surface area contributed by atoms with Gasteiger partial charge in [-0.1, -0.05) is 0 Å². The number of H-pyrrole nitrogens is 1. The summed E-state index contributed by atoms with van der Waals surface area (Å²) in [5, 5.41) is 6.35. The molecule has 11 heteroatoms. The number of ether oxygens (including phenoxy) is 1. The number of anilines is 1. The lowest BCUT2D eigenvalue weighted by Gasteiger charge is -2.17. The van der Waals surface area contributed by atoms with Gasteiger partial charge in [0.25, 0.3) is 0 Å². The summed E-state index contributed by atoms with van der Waals surface area (Å²) in [4.78, 5) is 13.9. The molecule has 6 nitrogen and oxygen atoms in total. The summed E-state index contributed by atoms with van der Waals surface area (Å²) in [6.45, 7) is 0. The average Bonchev–Trinajstić information content (AvgIpc) is 2.63. The molecule has 0 saturated carbocycles. The Hall–Kier alpha value is -1.94. The van der Waals surface area contributed by atoms with Crippen molar-refractivity contribution in [3.8, 4) is 6.01 Å². The SMILES string of the molecule is COc1n[nH]c(NC(=O)C(F)(F)C(F)(F)F)n1. The minimum Gasteiger partial charge on any atom is -0.466 e. The van der Waals surface area contributed by atoms with Crippen molar-refractivity contribution in [1.82, 2.24) is 15.2 Å². The number of halogens is 5. The first-order valence-corrected chi connectivity index (χ1v) is 3.91. The minimum atomic E-state index is -5.98. The molecule has 0 bridgehead atoms. The summed E-state index contributed by atoms with van der Waals surface area (Å²) in [5.74, 6) is -8.77. The number of carbonyl (C=O) groups is 1. The van der Waals surface area contributed by atoms with Crippen LogP contribution in [0.15, 0.2) is 0 Å². The highest BCUT2D eigenvalue weighted by molar-refractivity contribution is 5.95. The third kappa shape index (κ3) is 2.60. The first kappa shape index (κ1) is 13.1. The molecular formula is C6H5F5N4O2. The molecule has 0 aromatic carbocycles. The highest BCUT2D eigenvalue weighted by Crippen LogP contribution is 2.36. The van der Waals surface area contributed by atoms with E-state index < -0.39 is 24.0 Å². The second kappa shape index (κ2) is 4.14. The fourth-order valence-corrected chi connectivity index (χ4v) is 0.708. The predicted molar refractivity (Wildman–Crippen MR) is 42.6 cm³/mol.